The van der Waals surface area contributed by atoms with Gasteiger partial charge in [-0.1, -0.05) is 17.4 Å². The first-order valence-electron chi connectivity index (χ1n) is 8.03. The number of hydrogen-bond donors (Lipinski definition) is 1. The molecule has 0 spiro atoms. The highest BCUT2D eigenvalue weighted by atomic mass is 32.1. The summed E-state index contributed by atoms with van der Waals surface area (Å²) in [6.07, 6.45) is 5.29. The van der Waals surface area contributed by atoms with Gasteiger partial charge in [-0.15, -0.1) is 0 Å². The van der Waals surface area contributed by atoms with Crippen LogP contribution in [0.3, 0.4) is 0 Å². The van der Waals surface area contributed by atoms with Gasteiger partial charge < -0.3 is 5.32 Å². The van der Waals surface area contributed by atoms with Crippen molar-refractivity contribution in [2.24, 2.45) is 0 Å². The van der Waals surface area contributed by atoms with E-state index in [-0.39, 0.29) is 11.7 Å². The van der Waals surface area contributed by atoms with E-state index in [0.29, 0.717) is 11.4 Å². The lowest BCUT2D eigenvalue weighted by atomic mass is 10.2. The third kappa shape index (κ3) is 3.09. The van der Waals surface area contributed by atoms with Gasteiger partial charge in [0.1, 0.15) is 10.7 Å². The summed E-state index contributed by atoms with van der Waals surface area (Å²) in [7, 11) is 0. The highest BCUT2D eigenvalue weighted by Crippen LogP contribution is 2.27. The summed E-state index contributed by atoms with van der Waals surface area (Å²) >= 11 is 1.34. The average Bonchev–Trinajstić information content (AvgIpc) is 3.21. The number of hydrogen-bond acceptors (Lipinski definition) is 4. The van der Waals surface area contributed by atoms with E-state index in [1.807, 2.05) is 29.7 Å². The van der Waals surface area contributed by atoms with E-state index in [4.69, 9.17) is 0 Å². The summed E-state index contributed by atoms with van der Waals surface area (Å²) in [6, 6.07) is 9.95. The Hall–Kier alpha value is -3.06. The SMILES string of the molecule is Cc1c(C(=O)NCc2cccnc2)sc2nc(-c3ccc(F)cc3)cn12. The van der Waals surface area contributed by atoms with Gasteiger partial charge in [0.05, 0.1) is 5.69 Å². The Balaban J connectivity index is 1.57. The number of halogens is 1. The second-order valence-electron chi connectivity index (χ2n) is 5.85. The largest absolute Gasteiger partial charge is 0.347 e. The monoisotopic (exact) mass is 366 g/mol. The summed E-state index contributed by atoms with van der Waals surface area (Å²) < 4.78 is 15.0. The summed E-state index contributed by atoms with van der Waals surface area (Å²) in [5, 5.41) is 2.91. The summed E-state index contributed by atoms with van der Waals surface area (Å²) in [5.74, 6) is -0.413. The van der Waals surface area contributed by atoms with Crippen molar-refractivity contribution in [3.05, 3.63) is 76.9 Å². The molecule has 0 aliphatic carbocycles. The van der Waals surface area contributed by atoms with Gasteiger partial charge in [0.15, 0.2) is 4.96 Å². The van der Waals surface area contributed by atoms with Gasteiger partial charge >= 0.3 is 0 Å². The Bertz CT molecular complexity index is 1070. The fraction of sp³-hybridized carbons (Fsp3) is 0.105. The minimum atomic E-state index is -0.279. The van der Waals surface area contributed by atoms with E-state index in [2.05, 4.69) is 15.3 Å². The van der Waals surface area contributed by atoms with Crippen molar-refractivity contribution >= 4 is 22.2 Å². The van der Waals surface area contributed by atoms with Crippen LogP contribution in [0, 0.1) is 12.7 Å². The van der Waals surface area contributed by atoms with Crippen LogP contribution in [0.4, 0.5) is 4.39 Å². The average molecular weight is 366 g/mol. The highest BCUT2D eigenvalue weighted by molar-refractivity contribution is 7.19. The lowest BCUT2D eigenvalue weighted by Crippen LogP contribution is -2.22. The molecule has 0 radical (unpaired) electrons. The Kier molecular flexibility index (Phi) is 4.22. The Labute approximate surface area is 153 Å². The molecule has 1 aromatic carbocycles. The topological polar surface area (TPSA) is 59.3 Å². The van der Waals surface area contributed by atoms with Crippen LogP contribution in [0.15, 0.2) is 55.0 Å². The van der Waals surface area contributed by atoms with Crippen LogP contribution < -0.4 is 5.32 Å². The molecule has 4 aromatic rings. The van der Waals surface area contributed by atoms with Crippen molar-refractivity contribution in [2.75, 3.05) is 0 Å². The molecule has 0 fully saturated rings. The molecule has 0 atom stereocenters. The maximum atomic E-state index is 13.1. The number of rotatable bonds is 4. The van der Waals surface area contributed by atoms with Gasteiger partial charge in [-0.2, -0.15) is 0 Å². The number of carbonyl (C=O) groups excluding carboxylic acids is 1. The van der Waals surface area contributed by atoms with Gasteiger partial charge in [-0.05, 0) is 42.8 Å². The van der Waals surface area contributed by atoms with Crippen molar-refractivity contribution < 1.29 is 9.18 Å². The van der Waals surface area contributed by atoms with E-state index in [1.54, 1.807) is 24.5 Å². The number of amides is 1. The summed E-state index contributed by atoms with van der Waals surface area (Å²) in [6.45, 7) is 2.31. The Morgan fingerprint density at radius 3 is 2.77 bits per heavy atom. The quantitative estimate of drug-likeness (QED) is 0.597. The van der Waals surface area contributed by atoms with Gasteiger partial charge in [-0.3, -0.25) is 14.2 Å². The van der Waals surface area contributed by atoms with Crippen molar-refractivity contribution in [3.8, 4) is 11.3 Å². The van der Waals surface area contributed by atoms with Gasteiger partial charge in [0.25, 0.3) is 5.91 Å². The van der Waals surface area contributed by atoms with Crippen molar-refractivity contribution in [2.45, 2.75) is 13.5 Å². The van der Waals surface area contributed by atoms with Gasteiger partial charge in [-0.25, -0.2) is 9.37 Å². The number of fused-ring (bicyclic) bond motifs is 1. The van der Waals surface area contributed by atoms with Crippen molar-refractivity contribution in [1.29, 1.82) is 0 Å². The van der Waals surface area contributed by atoms with Crippen molar-refractivity contribution in [3.63, 3.8) is 0 Å². The zero-order chi connectivity index (χ0) is 18.1. The van der Waals surface area contributed by atoms with Crippen LogP contribution in [0.2, 0.25) is 0 Å². The Morgan fingerprint density at radius 2 is 2.08 bits per heavy atom. The normalized spacial score (nSPS) is 11.0. The minimum Gasteiger partial charge on any atom is -0.347 e. The first-order chi connectivity index (χ1) is 12.6. The maximum Gasteiger partial charge on any atom is 0.263 e. The molecule has 0 saturated carbocycles. The molecule has 0 saturated heterocycles. The van der Waals surface area contributed by atoms with Gasteiger partial charge in [0, 0.05) is 36.4 Å². The molecule has 130 valence electrons. The molecule has 5 nitrogen and oxygen atoms in total. The van der Waals surface area contributed by atoms with E-state index >= 15 is 0 Å². The molecule has 0 bridgehead atoms. The second kappa shape index (κ2) is 6.68. The fourth-order valence-corrected chi connectivity index (χ4v) is 3.71. The van der Waals surface area contributed by atoms with Crippen LogP contribution >= 0.6 is 11.3 Å². The predicted molar refractivity (Wildman–Crippen MR) is 98.6 cm³/mol. The number of imidazole rings is 1. The minimum absolute atomic E-state index is 0.134. The van der Waals surface area contributed by atoms with E-state index in [0.717, 1.165) is 27.5 Å². The number of thiazole rings is 1. The van der Waals surface area contributed by atoms with Crippen LogP contribution in [-0.4, -0.2) is 20.3 Å². The molecule has 4 rings (SSSR count). The molecule has 1 amide bonds. The molecule has 0 unspecified atom stereocenters. The molecular weight excluding hydrogens is 351 g/mol. The van der Waals surface area contributed by atoms with Crippen LogP contribution in [-0.2, 0) is 6.54 Å². The van der Waals surface area contributed by atoms with E-state index in [1.165, 1.54) is 23.5 Å². The highest BCUT2D eigenvalue weighted by Gasteiger charge is 2.18. The standard InChI is InChI=1S/C19H15FN4OS/c1-12-17(18(25)22-10-13-3-2-8-21-9-13)26-19-23-16(11-24(12)19)14-4-6-15(20)7-5-14/h2-9,11H,10H2,1H3,(H,22,25). The van der Waals surface area contributed by atoms with Crippen LogP contribution in [0.1, 0.15) is 20.9 Å². The fourth-order valence-electron chi connectivity index (χ4n) is 2.69. The van der Waals surface area contributed by atoms with E-state index < -0.39 is 0 Å². The number of carbonyl (C=O) groups is 1. The molecule has 7 heteroatoms. The molecular formula is C19H15FN4OS. The van der Waals surface area contributed by atoms with Crippen LogP contribution in [0.25, 0.3) is 16.2 Å². The third-order valence-electron chi connectivity index (χ3n) is 4.08. The van der Waals surface area contributed by atoms with Crippen LogP contribution in [0.5, 0.6) is 0 Å². The third-order valence-corrected chi connectivity index (χ3v) is 5.23. The van der Waals surface area contributed by atoms with Gasteiger partial charge in [0.2, 0.25) is 0 Å². The first-order valence-corrected chi connectivity index (χ1v) is 8.85. The summed E-state index contributed by atoms with van der Waals surface area (Å²) in [4.78, 5) is 22.5. The molecule has 3 heterocycles. The number of benzene rings is 1. The predicted octanol–water partition coefficient (Wildman–Crippen LogP) is 3.84. The zero-order valence-corrected chi connectivity index (χ0v) is 14.8. The lowest BCUT2D eigenvalue weighted by Gasteiger charge is -2.04. The van der Waals surface area contributed by atoms with E-state index in [9.17, 15) is 9.18 Å². The summed E-state index contributed by atoms with van der Waals surface area (Å²) in [5.41, 5.74) is 3.36. The first kappa shape index (κ1) is 16.4. The maximum absolute atomic E-state index is 13.1. The lowest BCUT2D eigenvalue weighted by molar-refractivity contribution is 0.0954. The number of aromatic nitrogens is 3. The molecule has 0 aliphatic heterocycles. The molecule has 1 N–H and O–H groups in total. The Morgan fingerprint density at radius 1 is 1.27 bits per heavy atom. The second-order valence-corrected chi connectivity index (χ2v) is 6.82. The number of nitrogens with one attached hydrogen (secondary N) is 1. The number of nitrogens with zero attached hydrogens (tertiary/aromatic N) is 3. The smallest absolute Gasteiger partial charge is 0.263 e. The zero-order valence-electron chi connectivity index (χ0n) is 13.9. The number of pyridine rings is 1. The molecule has 3 aromatic heterocycles. The number of aryl methyl sites for hydroxylation is 1. The van der Waals surface area contributed by atoms with Crippen molar-refractivity contribution in [1.82, 2.24) is 19.7 Å². The molecule has 0 aliphatic rings. The molecule has 26 heavy (non-hydrogen) atoms.